The number of hydrogen-bond donors (Lipinski definition) is 2. The van der Waals surface area contributed by atoms with Crippen LogP contribution in [-0.4, -0.2) is 43.1 Å². The molecule has 0 unspecified atom stereocenters. The van der Waals surface area contributed by atoms with Crippen LogP contribution in [0.15, 0.2) is 0 Å². The summed E-state index contributed by atoms with van der Waals surface area (Å²) in [5.74, 6) is 0. The summed E-state index contributed by atoms with van der Waals surface area (Å²) in [7, 11) is -3.31. The zero-order chi connectivity index (χ0) is 9.47. The number of aliphatic hydroxyl groups is 1. The monoisotopic (exact) mass is 206 g/mol. The molecule has 0 aromatic rings. The van der Waals surface area contributed by atoms with Crippen molar-refractivity contribution >= 4 is 10.2 Å². The van der Waals surface area contributed by atoms with Crippen LogP contribution in [0.4, 0.5) is 0 Å². The molecule has 13 heavy (non-hydrogen) atoms. The molecule has 1 aliphatic heterocycles. The molecule has 1 heterocycles. The van der Waals surface area contributed by atoms with Crippen LogP contribution < -0.4 is 4.72 Å². The first-order valence-electron chi connectivity index (χ1n) is 4.53. The Balaban J connectivity index is 1.97. The van der Waals surface area contributed by atoms with Crippen LogP contribution >= 0.6 is 0 Å². The third-order valence-corrected chi connectivity index (χ3v) is 4.00. The molecule has 0 amide bonds. The molecule has 76 valence electrons. The lowest BCUT2D eigenvalue weighted by atomic mass is 10.3. The average molecular weight is 206 g/mol. The Hall–Kier alpha value is -0.170. The lowest BCUT2D eigenvalue weighted by Crippen LogP contribution is -2.40. The fraction of sp³-hybridized carbons (Fsp3) is 1.00. The molecule has 0 radical (unpaired) electrons. The van der Waals surface area contributed by atoms with Gasteiger partial charge in [0.25, 0.3) is 10.2 Å². The van der Waals surface area contributed by atoms with Crippen molar-refractivity contribution in [3.8, 4) is 0 Å². The molecule has 2 rings (SSSR count). The Morgan fingerprint density at radius 3 is 2.46 bits per heavy atom. The zero-order valence-electron chi connectivity index (χ0n) is 7.31. The van der Waals surface area contributed by atoms with E-state index in [0.717, 1.165) is 12.8 Å². The van der Waals surface area contributed by atoms with E-state index in [1.165, 1.54) is 4.31 Å². The normalized spacial score (nSPS) is 31.0. The van der Waals surface area contributed by atoms with Crippen molar-refractivity contribution in [3.05, 3.63) is 0 Å². The van der Waals surface area contributed by atoms with Crippen molar-refractivity contribution in [1.29, 1.82) is 0 Å². The Labute approximate surface area is 77.9 Å². The van der Waals surface area contributed by atoms with Crippen molar-refractivity contribution < 1.29 is 13.5 Å². The van der Waals surface area contributed by atoms with Gasteiger partial charge in [-0.1, -0.05) is 0 Å². The number of rotatable bonds is 3. The molecule has 2 N–H and O–H groups in total. The van der Waals surface area contributed by atoms with Gasteiger partial charge in [-0.2, -0.15) is 17.4 Å². The van der Waals surface area contributed by atoms with Gasteiger partial charge < -0.3 is 5.11 Å². The number of aliphatic hydroxyl groups excluding tert-OH is 1. The minimum atomic E-state index is -3.31. The van der Waals surface area contributed by atoms with Crippen LogP contribution in [0.5, 0.6) is 0 Å². The van der Waals surface area contributed by atoms with E-state index in [9.17, 15) is 13.5 Å². The number of nitrogens with zero attached hydrogens (tertiary/aromatic N) is 1. The summed E-state index contributed by atoms with van der Waals surface area (Å²) in [5.41, 5.74) is 0. The summed E-state index contributed by atoms with van der Waals surface area (Å²) in [6.45, 7) is 0.672. The minimum absolute atomic E-state index is 0.141. The predicted octanol–water partition coefficient (Wildman–Crippen LogP) is -0.950. The summed E-state index contributed by atoms with van der Waals surface area (Å²) in [6, 6.07) is 0.141. The molecule has 0 spiro atoms. The maximum absolute atomic E-state index is 11.5. The van der Waals surface area contributed by atoms with E-state index in [2.05, 4.69) is 4.72 Å². The van der Waals surface area contributed by atoms with Crippen molar-refractivity contribution in [2.45, 2.75) is 31.4 Å². The molecule has 0 bridgehead atoms. The maximum Gasteiger partial charge on any atom is 0.279 e. The predicted molar refractivity (Wildman–Crippen MR) is 47.3 cm³/mol. The van der Waals surface area contributed by atoms with Gasteiger partial charge in [0.2, 0.25) is 0 Å². The molecular weight excluding hydrogens is 192 g/mol. The van der Waals surface area contributed by atoms with Crippen LogP contribution in [0.3, 0.4) is 0 Å². The maximum atomic E-state index is 11.5. The highest BCUT2D eigenvalue weighted by Gasteiger charge is 2.34. The van der Waals surface area contributed by atoms with Gasteiger partial charge in [-0.25, -0.2) is 0 Å². The summed E-state index contributed by atoms with van der Waals surface area (Å²) < 4.78 is 27.0. The summed E-state index contributed by atoms with van der Waals surface area (Å²) >= 11 is 0. The van der Waals surface area contributed by atoms with Crippen molar-refractivity contribution in [2.75, 3.05) is 13.1 Å². The van der Waals surface area contributed by atoms with E-state index in [1.54, 1.807) is 0 Å². The van der Waals surface area contributed by atoms with E-state index < -0.39 is 16.3 Å². The van der Waals surface area contributed by atoms with Gasteiger partial charge in [-0.05, 0) is 19.3 Å². The van der Waals surface area contributed by atoms with Gasteiger partial charge in [-0.3, -0.25) is 0 Å². The van der Waals surface area contributed by atoms with Crippen LogP contribution in [0.2, 0.25) is 0 Å². The van der Waals surface area contributed by atoms with Gasteiger partial charge >= 0.3 is 0 Å². The van der Waals surface area contributed by atoms with E-state index in [4.69, 9.17) is 0 Å². The average Bonchev–Trinajstić information content (AvgIpc) is 2.70. The van der Waals surface area contributed by atoms with Crippen LogP contribution in [0.25, 0.3) is 0 Å². The highest BCUT2D eigenvalue weighted by Crippen LogP contribution is 2.22. The molecule has 0 aromatic carbocycles. The smallest absolute Gasteiger partial charge is 0.279 e. The first-order chi connectivity index (χ1) is 6.08. The van der Waals surface area contributed by atoms with E-state index in [1.807, 2.05) is 0 Å². The summed E-state index contributed by atoms with van der Waals surface area (Å²) in [6.07, 6.45) is 1.94. The molecule has 0 aromatic heterocycles. The Kier molecular flexibility index (Phi) is 2.31. The van der Waals surface area contributed by atoms with E-state index in [0.29, 0.717) is 13.0 Å². The van der Waals surface area contributed by atoms with Gasteiger partial charge in [-0.15, -0.1) is 0 Å². The third kappa shape index (κ3) is 2.19. The quantitative estimate of drug-likeness (QED) is 0.625. The first-order valence-corrected chi connectivity index (χ1v) is 5.97. The Morgan fingerprint density at radius 1 is 1.31 bits per heavy atom. The molecule has 2 fully saturated rings. The number of nitrogens with one attached hydrogen (secondary N) is 1. The van der Waals surface area contributed by atoms with E-state index in [-0.39, 0.29) is 12.6 Å². The zero-order valence-corrected chi connectivity index (χ0v) is 8.13. The van der Waals surface area contributed by atoms with Crippen molar-refractivity contribution in [3.63, 3.8) is 0 Å². The lowest BCUT2D eigenvalue weighted by Gasteiger charge is -2.15. The van der Waals surface area contributed by atoms with Crippen molar-refractivity contribution in [1.82, 2.24) is 9.03 Å². The fourth-order valence-electron chi connectivity index (χ4n) is 1.42. The largest absolute Gasteiger partial charge is 0.392 e. The Morgan fingerprint density at radius 2 is 2.00 bits per heavy atom. The minimum Gasteiger partial charge on any atom is -0.392 e. The topological polar surface area (TPSA) is 69.6 Å². The van der Waals surface area contributed by atoms with Gasteiger partial charge in [0.05, 0.1) is 6.10 Å². The highest BCUT2D eigenvalue weighted by atomic mass is 32.2. The molecule has 1 aliphatic carbocycles. The second-order valence-electron chi connectivity index (χ2n) is 3.70. The SMILES string of the molecule is O=S(=O)(NC1CC1)N1CC[C@@H](O)C1. The standard InChI is InChI=1S/C7H14N2O3S/c10-7-3-4-9(5-7)13(11,12)8-6-1-2-6/h6-8,10H,1-5H2/t7-/m1/s1. The van der Waals surface area contributed by atoms with Crippen LogP contribution in [0.1, 0.15) is 19.3 Å². The number of β-amino-alcohol motifs (C(OH)–C–C–N with tert-alkyl or cyclic N) is 1. The van der Waals surface area contributed by atoms with Gasteiger partial charge in [0.15, 0.2) is 0 Å². The molecule has 1 atom stereocenters. The molecular formula is C7H14N2O3S. The molecule has 5 nitrogen and oxygen atoms in total. The lowest BCUT2D eigenvalue weighted by molar-refractivity contribution is 0.189. The van der Waals surface area contributed by atoms with Crippen LogP contribution in [-0.2, 0) is 10.2 Å². The fourth-order valence-corrected chi connectivity index (χ4v) is 2.94. The third-order valence-electron chi connectivity index (χ3n) is 2.36. The molecule has 1 saturated carbocycles. The number of hydrogen-bond acceptors (Lipinski definition) is 3. The van der Waals surface area contributed by atoms with Crippen molar-refractivity contribution in [2.24, 2.45) is 0 Å². The van der Waals surface area contributed by atoms with Crippen LogP contribution in [0, 0.1) is 0 Å². The highest BCUT2D eigenvalue weighted by molar-refractivity contribution is 7.87. The van der Waals surface area contributed by atoms with E-state index >= 15 is 0 Å². The first kappa shape index (κ1) is 9.39. The van der Waals surface area contributed by atoms with Gasteiger partial charge in [0.1, 0.15) is 0 Å². The molecule has 1 saturated heterocycles. The second kappa shape index (κ2) is 3.20. The Bertz CT molecular complexity index is 286. The second-order valence-corrected chi connectivity index (χ2v) is 5.40. The van der Waals surface area contributed by atoms with Gasteiger partial charge in [0, 0.05) is 19.1 Å². The summed E-state index contributed by atoms with van der Waals surface area (Å²) in [5, 5.41) is 9.18. The molecule has 6 heteroatoms. The molecule has 2 aliphatic rings. The summed E-state index contributed by atoms with van der Waals surface area (Å²) in [4.78, 5) is 0.